The third kappa shape index (κ3) is 6.19. The van der Waals surface area contributed by atoms with Crippen LogP contribution in [0, 0.1) is 5.92 Å². The third-order valence-corrected chi connectivity index (χ3v) is 5.54. The summed E-state index contributed by atoms with van der Waals surface area (Å²) >= 11 is 0. The number of carbonyl (C=O) groups excluding carboxylic acids is 3. The molecule has 1 atom stereocenters. The first-order valence-corrected chi connectivity index (χ1v) is 10.2. The summed E-state index contributed by atoms with van der Waals surface area (Å²) in [6, 6.07) is 0. The van der Waals surface area contributed by atoms with Gasteiger partial charge in [0, 0.05) is 45.6 Å². The van der Waals surface area contributed by atoms with Gasteiger partial charge in [0.15, 0.2) is 0 Å². The van der Waals surface area contributed by atoms with Gasteiger partial charge in [-0.25, -0.2) is 0 Å². The van der Waals surface area contributed by atoms with Crippen molar-refractivity contribution in [3.63, 3.8) is 0 Å². The summed E-state index contributed by atoms with van der Waals surface area (Å²) in [5.41, 5.74) is -1.08. The van der Waals surface area contributed by atoms with E-state index in [4.69, 9.17) is 0 Å². The van der Waals surface area contributed by atoms with Gasteiger partial charge in [0.1, 0.15) is 0 Å². The number of hydrogen-bond acceptors (Lipinski definition) is 4. The van der Waals surface area contributed by atoms with Gasteiger partial charge in [-0.1, -0.05) is 12.2 Å². The van der Waals surface area contributed by atoms with Crippen molar-refractivity contribution in [2.45, 2.75) is 50.5 Å². The Morgan fingerprint density at radius 3 is 2.39 bits per heavy atom. The van der Waals surface area contributed by atoms with Crippen molar-refractivity contribution in [2.75, 3.05) is 32.7 Å². The lowest BCUT2D eigenvalue weighted by Crippen LogP contribution is -2.49. The van der Waals surface area contributed by atoms with Gasteiger partial charge in [0.05, 0.1) is 11.5 Å². The van der Waals surface area contributed by atoms with Crippen LogP contribution in [0.5, 0.6) is 0 Å². The molecule has 2 fully saturated rings. The Kier molecular flexibility index (Phi) is 8.23. The maximum absolute atomic E-state index is 12.6. The van der Waals surface area contributed by atoms with Crippen molar-refractivity contribution in [3.05, 3.63) is 25.3 Å². The standard InChI is InChI=1S/C21H33N3O4/c1-3-10-21(28,11-4-2)16-22-20(27)17-8-9-19(26)24(15-17)14-6-13-23-12-5-7-18(23)25/h3-4,17,28H,1-2,5-16H2,(H,22,27)/t17-/m0/s1. The number of likely N-dealkylation sites (tertiary alicyclic amines) is 2. The van der Waals surface area contributed by atoms with E-state index in [1.54, 1.807) is 17.1 Å². The highest BCUT2D eigenvalue weighted by Gasteiger charge is 2.32. The van der Waals surface area contributed by atoms with E-state index in [1.165, 1.54) is 0 Å². The van der Waals surface area contributed by atoms with Crippen LogP contribution in [0.15, 0.2) is 25.3 Å². The largest absolute Gasteiger partial charge is 0.387 e. The van der Waals surface area contributed by atoms with Crippen LogP contribution in [0.1, 0.15) is 44.9 Å². The Labute approximate surface area is 167 Å². The first-order chi connectivity index (χ1) is 13.4. The van der Waals surface area contributed by atoms with Crippen molar-refractivity contribution in [2.24, 2.45) is 5.92 Å². The number of nitrogens with zero attached hydrogens (tertiary/aromatic N) is 2. The zero-order valence-corrected chi connectivity index (χ0v) is 16.7. The second-order valence-electron chi connectivity index (χ2n) is 7.84. The molecule has 156 valence electrons. The van der Waals surface area contributed by atoms with Crippen LogP contribution in [-0.4, -0.2) is 71.0 Å². The highest BCUT2D eigenvalue weighted by atomic mass is 16.3. The molecule has 2 saturated heterocycles. The van der Waals surface area contributed by atoms with E-state index < -0.39 is 5.60 Å². The molecule has 0 spiro atoms. The molecule has 0 saturated carbocycles. The van der Waals surface area contributed by atoms with Gasteiger partial charge in [-0.05, 0) is 32.1 Å². The van der Waals surface area contributed by atoms with Crippen molar-refractivity contribution in [3.8, 4) is 0 Å². The minimum Gasteiger partial charge on any atom is -0.387 e. The first kappa shape index (κ1) is 22.1. The number of hydrogen-bond donors (Lipinski definition) is 2. The minimum atomic E-state index is -1.08. The lowest BCUT2D eigenvalue weighted by atomic mass is 9.93. The molecule has 0 aliphatic carbocycles. The average Bonchev–Trinajstić information content (AvgIpc) is 3.07. The van der Waals surface area contributed by atoms with Gasteiger partial charge in [0.2, 0.25) is 17.7 Å². The predicted molar refractivity (Wildman–Crippen MR) is 107 cm³/mol. The number of aliphatic hydroxyl groups is 1. The SMILES string of the molecule is C=CCC(O)(CC=C)CNC(=O)[C@H]1CCC(=O)N(CCCN2CCCC2=O)C1. The number of amides is 3. The fourth-order valence-electron chi connectivity index (χ4n) is 3.90. The van der Waals surface area contributed by atoms with Crippen molar-refractivity contribution >= 4 is 17.7 Å². The highest BCUT2D eigenvalue weighted by molar-refractivity contribution is 5.83. The highest BCUT2D eigenvalue weighted by Crippen LogP contribution is 2.20. The average molecular weight is 392 g/mol. The molecular formula is C21H33N3O4. The second kappa shape index (κ2) is 10.4. The van der Waals surface area contributed by atoms with Gasteiger partial charge in [-0.3, -0.25) is 14.4 Å². The van der Waals surface area contributed by atoms with E-state index in [0.717, 1.165) is 19.4 Å². The molecule has 28 heavy (non-hydrogen) atoms. The van der Waals surface area contributed by atoms with Crippen molar-refractivity contribution < 1.29 is 19.5 Å². The molecule has 0 bridgehead atoms. The number of rotatable bonds is 11. The van der Waals surface area contributed by atoms with Gasteiger partial charge < -0.3 is 20.2 Å². The Hall–Kier alpha value is -2.15. The number of carbonyl (C=O) groups is 3. The quantitative estimate of drug-likeness (QED) is 0.519. The number of nitrogens with one attached hydrogen (secondary N) is 1. The summed E-state index contributed by atoms with van der Waals surface area (Å²) in [6.45, 7) is 9.84. The molecule has 2 rings (SSSR count). The van der Waals surface area contributed by atoms with Gasteiger partial charge >= 0.3 is 0 Å². The molecule has 0 aromatic carbocycles. The van der Waals surface area contributed by atoms with Gasteiger partial charge in [-0.2, -0.15) is 0 Å². The minimum absolute atomic E-state index is 0.0617. The molecule has 2 aliphatic heterocycles. The molecule has 0 radical (unpaired) electrons. The molecule has 7 heteroatoms. The van der Waals surface area contributed by atoms with Crippen LogP contribution in [-0.2, 0) is 14.4 Å². The maximum Gasteiger partial charge on any atom is 0.225 e. The fraction of sp³-hybridized carbons (Fsp3) is 0.667. The maximum atomic E-state index is 12.6. The Bertz CT molecular complexity index is 594. The van der Waals surface area contributed by atoms with Crippen LogP contribution >= 0.6 is 0 Å². The van der Waals surface area contributed by atoms with E-state index in [1.807, 2.05) is 4.90 Å². The molecule has 0 unspecified atom stereocenters. The van der Waals surface area contributed by atoms with Crippen LogP contribution in [0.3, 0.4) is 0 Å². The fourth-order valence-corrected chi connectivity index (χ4v) is 3.90. The molecule has 2 heterocycles. The summed E-state index contributed by atoms with van der Waals surface area (Å²) in [5, 5.41) is 13.4. The second-order valence-corrected chi connectivity index (χ2v) is 7.84. The summed E-state index contributed by atoms with van der Waals surface area (Å²) in [7, 11) is 0. The molecule has 0 aromatic heterocycles. The third-order valence-electron chi connectivity index (χ3n) is 5.54. The lowest BCUT2D eigenvalue weighted by Gasteiger charge is -2.33. The zero-order valence-electron chi connectivity index (χ0n) is 16.7. The van der Waals surface area contributed by atoms with Crippen LogP contribution in [0.25, 0.3) is 0 Å². The number of piperidine rings is 1. The molecule has 3 amide bonds. The normalized spacial score (nSPS) is 20.4. The summed E-state index contributed by atoms with van der Waals surface area (Å²) in [5.74, 6) is -0.165. The molecule has 0 aromatic rings. The monoisotopic (exact) mass is 391 g/mol. The van der Waals surface area contributed by atoms with Crippen molar-refractivity contribution in [1.29, 1.82) is 0 Å². The van der Waals surface area contributed by atoms with E-state index in [0.29, 0.717) is 51.7 Å². The van der Waals surface area contributed by atoms with E-state index in [9.17, 15) is 19.5 Å². The Balaban J connectivity index is 1.80. The zero-order chi connectivity index (χ0) is 20.6. The van der Waals surface area contributed by atoms with Gasteiger partial charge in [0.25, 0.3) is 0 Å². The summed E-state index contributed by atoms with van der Waals surface area (Å²) in [4.78, 5) is 40.0. The first-order valence-electron chi connectivity index (χ1n) is 10.2. The van der Waals surface area contributed by atoms with E-state index in [2.05, 4.69) is 18.5 Å². The van der Waals surface area contributed by atoms with Crippen LogP contribution in [0.4, 0.5) is 0 Å². The molecule has 7 nitrogen and oxygen atoms in total. The molecule has 2 aliphatic rings. The lowest BCUT2D eigenvalue weighted by molar-refractivity contribution is -0.138. The molecule has 2 N–H and O–H groups in total. The topological polar surface area (TPSA) is 89.9 Å². The molecular weight excluding hydrogens is 358 g/mol. The Morgan fingerprint density at radius 1 is 1.14 bits per heavy atom. The predicted octanol–water partition coefficient (Wildman–Crippen LogP) is 1.24. The van der Waals surface area contributed by atoms with E-state index in [-0.39, 0.29) is 30.2 Å². The van der Waals surface area contributed by atoms with Gasteiger partial charge in [-0.15, -0.1) is 13.2 Å². The summed E-state index contributed by atoms with van der Waals surface area (Å²) in [6.07, 6.45) is 7.11. The summed E-state index contributed by atoms with van der Waals surface area (Å²) < 4.78 is 0. The van der Waals surface area contributed by atoms with Crippen molar-refractivity contribution in [1.82, 2.24) is 15.1 Å². The Morgan fingerprint density at radius 2 is 1.79 bits per heavy atom. The van der Waals surface area contributed by atoms with E-state index >= 15 is 0 Å². The van der Waals surface area contributed by atoms with Crippen LogP contribution < -0.4 is 5.32 Å². The smallest absolute Gasteiger partial charge is 0.225 e. The van der Waals surface area contributed by atoms with Crippen LogP contribution in [0.2, 0.25) is 0 Å².